The molecule has 1 aliphatic carbocycles. The average Bonchev–Trinajstić information content (AvgIpc) is 3.12. The van der Waals surface area contributed by atoms with E-state index in [9.17, 15) is 10.1 Å². The summed E-state index contributed by atoms with van der Waals surface area (Å²) in [6.07, 6.45) is 5.14. The molecular weight excluding hydrogens is 312 g/mol. The Balaban J connectivity index is 2.01. The highest BCUT2D eigenvalue weighted by molar-refractivity contribution is 6.01. The minimum atomic E-state index is -0.277. The standard InChI is InChI=1S/C21H16N2O2/c24-23(25)17-10-2-1-8-15(17)21-16-9-3-6-14-7-4-11-18(20(14)16)22-13-5-12-19(21)22/h1-2,4-5,7-8,10-13H,3,6,9H2. The van der Waals surface area contributed by atoms with Gasteiger partial charge in [-0.2, -0.15) is 0 Å². The molecule has 4 aromatic rings. The van der Waals surface area contributed by atoms with Crippen molar-refractivity contribution in [2.45, 2.75) is 19.3 Å². The van der Waals surface area contributed by atoms with Crippen molar-refractivity contribution in [3.8, 4) is 11.1 Å². The maximum Gasteiger partial charge on any atom is 0.277 e. The molecule has 0 amide bonds. The zero-order chi connectivity index (χ0) is 17.0. The fourth-order valence-corrected chi connectivity index (χ4v) is 4.27. The smallest absolute Gasteiger partial charge is 0.277 e. The van der Waals surface area contributed by atoms with Gasteiger partial charge < -0.3 is 4.40 Å². The normalized spacial score (nSPS) is 13.4. The average molecular weight is 328 g/mol. The number of hydrogen-bond acceptors (Lipinski definition) is 2. The van der Waals surface area contributed by atoms with Gasteiger partial charge in [0.15, 0.2) is 0 Å². The molecule has 0 saturated heterocycles. The predicted octanol–water partition coefficient (Wildman–Crippen LogP) is 5.16. The number of aryl methyl sites for hydroxylation is 2. The topological polar surface area (TPSA) is 47.5 Å². The summed E-state index contributed by atoms with van der Waals surface area (Å²) in [7, 11) is 0. The van der Waals surface area contributed by atoms with Crippen LogP contribution in [-0.2, 0) is 12.8 Å². The Morgan fingerprint density at radius 3 is 2.64 bits per heavy atom. The van der Waals surface area contributed by atoms with Gasteiger partial charge in [-0.25, -0.2) is 0 Å². The second-order valence-corrected chi connectivity index (χ2v) is 6.56. The number of hydrogen-bond donors (Lipinski definition) is 0. The first-order valence-electron chi connectivity index (χ1n) is 8.53. The van der Waals surface area contributed by atoms with E-state index in [0.717, 1.165) is 30.3 Å². The summed E-state index contributed by atoms with van der Waals surface area (Å²) in [5.74, 6) is 0. The molecule has 2 aromatic carbocycles. The van der Waals surface area contributed by atoms with Crippen molar-refractivity contribution in [3.63, 3.8) is 0 Å². The van der Waals surface area contributed by atoms with Crippen LogP contribution in [0.5, 0.6) is 0 Å². The number of nitro benzene ring substituents is 1. The molecule has 2 heterocycles. The minimum Gasteiger partial charge on any atom is -0.316 e. The summed E-state index contributed by atoms with van der Waals surface area (Å²) in [5.41, 5.74) is 6.71. The van der Waals surface area contributed by atoms with Crippen molar-refractivity contribution in [3.05, 3.63) is 82.0 Å². The van der Waals surface area contributed by atoms with E-state index in [4.69, 9.17) is 0 Å². The highest BCUT2D eigenvalue weighted by atomic mass is 16.6. The fraction of sp³-hybridized carbons (Fsp3) is 0.143. The van der Waals surface area contributed by atoms with Crippen LogP contribution in [-0.4, -0.2) is 9.32 Å². The molecule has 4 heteroatoms. The summed E-state index contributed by atoms with van der Waals surface area (Å²) in [6.45, 7) is 0. The van der Waals surface area contributed by atoms with Gasteiger partial charge >= 0.3 is 0 Å². The molecule has 0 fully saturated rings. The Kier molecular flexibility index (Phi) is 2.95. The van der Waals surface area contributed by atoms with Crippen LogP contribution in [0.3, 0.4) is 0 Å². The number of aromatic nitrogens is 1. The molecule has 0 unspecified atom stereocenters. The van der Waals surface area contributed by atoms with Gasteiger partial charge in [0.1, 0.15) is 0 Å². The Bertz CT molecular complexity index is 1160. The summed E-state index contributed by atoms with van der Waals surface area (Å²) >= 11 is 0. The van der Waals surface area contributed by atoms with E-state index in [1.54, 1.807) is 12.1 Å². The zero-order valence-corrected chi connectivity index (χ0v) is 13.6. The van der Waals surface area contributed by atoms with Gasteiger partial charge in [-0.15, -0.1) is 0 Å². The first kappa shape index (κ1) is 14.2. The molecule has 0 saturated carbocycles. The molecule has 0 bridgehead atoms. The molecule has 5 rings (SSSR count). The van der Waals surface area contributed by atoms with E-state index >= 15 is 0 Å². The number of rotatable bonds is 2. The highest BCUT2D eigenvalue weighted by Crippen LogP contribution is 2.42. The van der Waals surface area contributed by atoms with Crippen molar-refractivity contribution in [1.82, 2.24) is 4.40 Å². The van der Waals surface area contributed by atoms with Crippen LogP contribution in [0.2, 0.25) is 0 Å². The lowest BCUT2D eigenvalue weighted by atomic mass is 9.85. The first-order valence-corrected chi connectivity index (χ1v) is 8.53. The summed E-state index contributed by atoms with van der Waals surface area (Å²) in [6, 6.07) is 17.6. The minimum absolute atomic E-state index is 0.171. The van der Waals surface area contributed by atoms with Crippen LogP contribution >= 0.6 is 0 Å². The molecule has 25 heavy (non-hydrogen) atoms. The monoisotopic (exact) mass is 328 g/mol. The largest absolute Gasteiger partial charge is 0.316 e. The van der Waals surface area contributed by atoms with Crippen molar-refractivity contribution < 1.29 is 4.92 Å². The van der Waals surface area contributed by atoms with Crippen LogP contribution < -0.4 is 0 Å². The Labute approximate surface area is 144 Å². The van der Waals surface area contributed by atoms with Crippen molar-refractivity contribution in [1.29, 1.82) is 0 Å². The van der Waals surface area contributed by atoms with Crippen molar-refractivity contribution in [2.24, 2.45) is 0 Å². The molecule has 1 aliphatic rings. The lowest BCUT2D eigenvalue weighted by molar-refractivity contribution is -0.384. The SMILES string of the molecule is O=[N+]([O-])c1ccccc1-c1c2c3c(cccc3n3cccc13)CCC2. The maximum atomic E-state index is 11.6. The second-order valence-electron chi connectivity index (χ2n) is 6.56. The van der Waals surface area contributed by atoms with Crippen molar-refractivity contribution >= 4 is 22.1 Å². The lowest BCUT2D eigenvalue weighted by Gasteiger charge is -2.22. The van der Waals surface area contributed by atoms with Crippen LogP contribution in [0.15, 0.2) is 60.8 Å². The third-order valence-corrected chi connectivity index (χ3v) is 5.24. The maximum absolute atomic E-state index is 11.6. The quantitative estimate of drug-likeness (QED) is 0.377. The lowest BCUT2D eigenvalue weighted by Crippen LogP contribution is -2.07. The van der Waals surface area contributed by atoms with Gasteiger partial charge in [0.2, 0.25) is 0 Å². The Hall–Kier alpha value is -3.14. The van der Waals surface area contributed by atoms with Crippen molar-refractivity contribution in [2.75, 3.05) is 0 Å². The van der Waals surface area contributed by atoms with E-state index in [1.807, 2.05) is 24.4 Å². The van der Waals surface area contributed by atoms with Gasteiger partial charge in [0, 0.05) is 23.2 Å². The molecule has 0 atom stereocenters. The van der Waals surface area contributed by atoms with Gasteiger partial charge in [-0.1, -0.05) is 24.3 Å². The van der Waals surface area contributed by atoms with Crippen LogP contribution in [0.1, 0.15) is 17.5 Å². The molecule has 0 N–H and O–H groups in total. The van der Waals surface area contributed by atoms with Crippen LogP contribution in [0.25, 0.3) is 27.5 Å². The Morgan fingerprint density at radius 1 is 0.920 bits per heavy atom. The van der Waals surface area contributed by atoms with E-state index in [1.165, 1.54) is 22.0 Å². The van der Waals surface area contributed by atoms with Crippen LogP contribution in [0.4, 0.5) is 5.69 Å². The van der Waals surface area contributed by atoms with Gasteiger partial charge in [0.05, 0.1) is 21.5 Å². The number of nitro groups is 1. The molecule has 4 nitrogen and oxygen atoms in total. The number of benzene rings is 2. The number of nitrogens with zero attached hydrogens (tertiary/aromatic N) is 2. The number of para-hydroxylation sites is 1. The van der Waals surface area contributed by atoms with Gasteiger partial charge in [0.25, 0.3) is 5.69 Å². The zero-order valence-electron chi connectivity index (χ0n) is 13.6. The molecule has 2 aromatic heterocycles. The first-order chi connectivity index (χ1) is 12.3. The Morgan fingerprint density at radius 2 is 1.76 bits per heavy atom. The molecule has 122 valence electrons. The molecule has 0 aliphatic heterocycles. The van der Waals surface area contributed by atoms with Crippen LogP contribution in [0, 0.1) is 10.1 Å². The predicted molar refractivity (Wildman–Crippen MR) is 99.0 cm³/mol. The summed E-state index contributed by atoms with van der Waals surface area (Å²) < 4.78 is 2.17. The van der Waals surface area contributed by atoms with E-state index in [-0.39, 0.29) is 10.6 Å². The summed E-state index contributed by atoms with van der Waals surface area (Å²) in [4.78, 5) is 11.3. The number of pyridine rings is 1. The van der Waals surface area contributed by atoms with E-state index in [2.05, 4.69) is 28.7 Å². The van der Waals surface area contributed by atoms with E-state index < -0.39 is 0 Å². The van der Waals surface area contributed by atoms with E-state index in [0.29, 0.717) is 5.56 Å². The molecule has 0 radical (unpaired) electrons. The summed E-state index contributed by atoms with van der Waals surface area (Å²) in [5, 5.41) is 12.9. The third-order valence-electron chi connectivity index (χ3n) is 5.24. The molecule has 0 spiro atoms. The number of fused-ring (bicyclic) bond motifs is 2. The third kappa shape index (κ3) is 1.94. The second kappa shape index (κ2) is 5.18. The fourth-order valence-electron chi connectivity index (χ4n) is 4.27. The highest BCUT2D eigenvalue weighted by Gasteiger charge is 2.24. The van der Waals surface area contributed by atoms with Gasteiger partial charge in [-0.3, -0.25) is 10.1 Å². The van der Waals surface area contributed by atoms with Gasteiger partial charge in [-0.05, 0) is 54.7 Å². The molecular formula is C21H16N2O2.